The van der Waals surface area contributed by atoms with Gasteiger partial charge < -0.3 is 5.73 Å². The summed E-state index contributed by atoms with van der Waals surface area (Å²) in [7, 11) is -2.42. The van der Waals surface area contributed by atoms with Gasteiger partial charge in [-0.15, -0.1) is 5.10 Å². The highest BCUT2D eigenvalue weighted by Crippen LogP contribution is 2.40. The van der Waals surface area contributed by atoms with Crippen LogP contribution in [0.15, 0.2) is 34.3 Å². The number of nitrogen functional groups attached to an aromatic ring is 1. The van der Waals surface area contributed by atoms with Gasteiger partial charge in [-0.25, -0.2) is 4.21 Å². The summed E-state index contributed by atoms with van der Waals surface area (Å²) in [6, 6.07) is 2.18. The van der Waals surface area contributed by atoms with Crippen molar-refractivity contribution >= 4 is 63.2 Å². The van der Waals surface area contributed by atoms with Gasteiger partial charge in [0.2, 0.25) is 11.1 Å². The highest BCUT2D eigenvalue weighted by Gasteiger charge is 2.34. The molecule has 0 bridgehead atoms. The van der Waals surface area contributed by atoms with Crippen LogP contribution in [0.5, 0.6) is 0 Å². The monoisotopic (exact) mass is 556 g/mol. The van der Waals surface area contributed by atoms with Crippen molar-refractivity contribution < 1.29 is 30.6 Å². The Kier molecular flexibility index (Phi) is 6.66. The standard InChI is InChI=1S/C16H6Cl4F6N4OS/c17-7-1-5(15(21,22)23)2-8(18)11(7)30-13(27)28-14(29-30)32(31)12-9(19)3-6(4-10(12)20)16(24,25)26/h1-4H,(H2,27,28,29). The molecule has 0 aliphatic heterocycles. The van der Waals surface area contributed by atoms with Gasteiger partial charge in [-0.05, 0) is 24.3 Å². The number of hydrogen-bond donors (Lipinski definition) is 1. The summed E-state index contributed by atoms with van der Waals surface area (Å²) in [5, 5.41) is 1.10. The molecule has 0 radical (unpaired) electrons. The largest absolute Gasteiger partial charge is 0.416 e. The van der Waals surface area contributed by atoms with E-state index in [1.807, 2.05) is 0 Å². The van der Waals surface area contributed by atoms with E-state index in [2.05, 4.69) is 10.1 Å². The van der Waals surface area contributed by atoms with Crippen molar-refractivity contribution in [3.8, 4) is 5.69 Å². The third kappa shape index (κ3) is 4.79. The van der Waals surface area contributed by atoms with E-state index in [-0.39, 0.29) is 5.69 Å². The number of benzene rings is 2. The minimum atomic E-state index is -4.76. The number of anilines is 1. The first kappa shape index (κ1) is 24.9. The van der Waals surface area contributed by atoms with Crippen LogP contribution in [0.3, 0.4) is 0 Å². The maximum Gasteiger partial charge on any atom is 0.416 e. The van der Waals surface area contributed by atoms with E-state index in [0.717, 1.165) is 4.68 Å². The summed E-state index contributed by atoms with van der Waals surface area (Å²) in [4.78, 5) is 3.29. The predicted molar refractivity (Wildman–Crippen MR) is 107 cm³/mol. The Bertz CT molecular complexity index is 1200. The van der Waals surface area contributed by atoms with Gasteiger partial charge in [-0.1, -0.05) is 46.4 Å². The summed E-state index contributed by atoms with van der Waals surface area (Å²) >= 11 is 23.5. The van der Waals surface area contributed by atoms with Gasteiger partial charge in [0.05, 0.1) is 36.1 Å². The fourth-order valence-electron chi connectivity index (χ4n) is 2.47. The summed E-state index contributed by atoms with van der Waals surface area (Å²) in [5.74, 6) is -0.476. The molecule has 0 fully saturated rings. The van der Waals surface area contributed by atoms with Crippen LogP contribution >= 0.6 is 46.4 Å². The Balaban J connectivity index is 2.08. The zero-order valence-electron chi connectivity index (χ0n) is 14.8. The smallest absolute Gasteiger partial charge is 0.368 e. The van der Waals surface area contributed by atoms with Crippen molar-refractivity contribution in [1.29, 1.82) is 0 Å². The first-order valence-electron chi connectivity index (χ1n) is 7.88. The molecule has 0 saturated carbocycles. The summed E-state index contributed by atoms with van der Waals surface area (Å²) in [6.45, 7) is 0. The molecule has 5 nitrogen and oxygen atoms in total. The van der Waals surface area contributed by atoms with Gasteiger partial charge in [0, 0.05) is 0 Å². The second-order valence-corrected chi connectivity index (χ2v) is 8.93. The van der Waals surface area contributed by atoms with Gasteiger partial charge in [0.25, 0.3) is 0 Å². The van der Waals surface area contributed by atoms with Crippen molar-refractivity contribution in [3.05, 3.63) is 55.5 Å². The zero-order valence-corrected chi connectivity index (χ0v) is 18.7. The Morgan fingerprint density at radius 2 is 1.22 bits per heavy atom. The maximum atomic E-state index is 12.9. The number of hydrogen-bond acceptors (Lipinski definition) is 4. The SMILES string of the molecule is Nc1nc(S(=O)c2c(Cl)cc(C(F)(F)F)cc2Cl)nn1-c1c(Cl)cc(C(F)(F)F)cc1Cl. The average molecular weight is 558 g/mol. The number of rotatable bonds is 3. The van der Waals surface area contributed by atoms with Crippen molar-refractivity contribution in [1.82, 2.24) is 14.8 Å². The van der Waals surface area contributed by atoms with Crippen LogP contribution in [0.25, 0.3) is 5.69 Å². The molecule has 16 heteroatoms. The molecule has 0 aliphatic carbocycles. The number of alkyl halides is 6. The number of nitrogens with two attached hydrogens (primary N) is 1. The summed E-state index contributed by atoms with van der Waals surface area (Å²) in [6.07, 6.45) is -9.49. The van der Waals surface area contributed by atoms with Crippen LogP contribution in [0.2, 0.25) is 20.1 Å². The summed E-state index contributed by atoms with van der Waals surface area (Å²) in [5.41, 5.74) is 3.11. The lowest BCUT2D eigenvalue weighted by atomic mass is 10.2. The topological polar surface area (TPSA) is 73.8 Å². The Morgan fingerprint density at radius 3 is 1.62 bits per heavy atom. The highest BCUT2D eigenvalue weighted by atomic mass is 35.5. The van der Waals surface area contributed by atoms with Crippen LogP contribution in [-0.2, 0) is 23.2 Å². The zero-order chi connectivity index (χ0) is 24.2. The molecule has 32 heavy (non-hydrogen) atoms. The van der Waals surface area contributed by atoms with E-state index >= 15 is 0 Å². The number of aromatic nitrogens is 3. The lowest BCUT2D eigenvalue weighted by molar-refractivity contribution is -0.138. The van der Waals surface area contributed by atoms with Crippen LogP contribution in [0.4, 0.5) is 32.3 Å². The Hall–Kier alpha value is -1.73. The second-order valence-electron chi connectivity index (χ2n) is 5.99. The molecule has 1 heterocycles. The second kappa shape index (κ2) is 8.56. The molecular weight excluding hydrogens is 552 g/mol. The minimum absolute atomic E-state index is 0.292. The molecule has 1 unspecified atom stereocenters. The van der Waals surface area contributed by atoms with Gasteiger partial charge in [-0.2, -0.15) is 36.0 Å². The van der Waals surface area contributed by atoms with Crippen molar-refractivity contribution in [3.63, 3.8) is 0 Å². The van der Waals surface area contributed by atoms with Gasteiger partial charge in [0.15, 0.2) is 0 Å². The molecule has 3 rings (SSSR count). The normalized spacial score (nSPS) is 13.4. The quantitative estimate of drug-likeness (QED) is 0.365. The number of halogens is 10. The fourth-order valence-corrected chi connectivity index (χ4v) is 5.01. The molecule has 0 spiro atoms. The summed E-state index contributed by atoms with van der Waals surface area (Å²) < 4.78 is 91.0. The maximum absolute atomic E-state index is 12.9. The molecular formula is C16H6Cl4F6N4OS. The van der Waals surface area contributed by atoms with Crippen molar-refractivity contribution in [2.75, 3.05) is 5.73 Å². The first-order valence-corrected chi connectivity index (χ1v) is 10.5. The van der Waals surface area contributed by atoms with Gasteiger partial charge in [-0.3, -0.25) is 0 Å². The lowest BCUT2D eigenvalue weighted by Crippen LogP contribution is -2.09. The van der Waals surface area contributed by atoms with E-state index in [0.29, 0.717) is 24.3 Å². The molecule has 2 N–H and O–H groups in total. The molecule has 2 aromatic carbocycles. The average Bonchev–Trinajstić information content (AvgIpc) is 3.00. The van der Waals surface area contributed by atoms with Crippen LogP contribution in [0, 0.1) is 0 Å². The molecule has 1 aromatic heterocycles. The molecule has 3 aromatic rings. The lowest BCUT2D eigenvalue weighted by Gasteiger charge is -2.12. The fraction of sp³-hybridized carbons (Fsp3) is 0.125. The van der Waals surface area contributed by atoms with Gasteiger partial charge >= 0.3 is 12.4 Å². The molecule has 1 atom stereocenters. The van der Waals surface area contributed by atoms with E-state index in [1.54, 1.807) is 0 Å². The van der Waals surface area contributed by atoms with E-state index < -0.39 is 70.4 Å². The van der Waals surface area contributed by atoms with Crippen molar-refractivity contribution in [2.24, 2.45) is 0 Å². The van der Waals surface area contributed by atoms with Crippen LogP contribution in [0.1, 0.15) is 11.1 Å². The van der Waals surface area contributed by atoms with Crippen LogP contribution < -0.4 is 5.73 Å². The van der Waals surface area contributed by atoms with E-state index in [4.69, 9.17) is 52.1 Å². The predicted octanol–water partition coefficient (Wildman–Crippen LogP) is 6.67. The highest BCUT2D eigenvalue weighted by molar-refractivity contribution is 7.85. The Morgan fingerprint density at radius 1 is 0.812 bits per heavy atom. The molecule has 0 saturated heterocycles. The van der Waals surface area contributed by atoms with Gasteiger partial charge in [0.1, 0.15) is 16.5 Å². The molecule has 0 aliphatic rings. The third-order valence-electron chi connectivity index (χ3n) is 3.85. The third-order valence-corrected chi connectivity index (χ3v) is 6.56. The minimum Gasteiger partial charge on any atom is -0.368 e. The van der Waals surface area contributed by atoms with E-state index in [1.165, 1.54) is 0 Å². The molecule has 172 valence electrons. The number of nitrogens with zero attached hydrogens (tertiary/aromatic N) is 3. The van der Waals surface area contributed by atoms with Crippen LogP contribution in [-0.4, -0.2) is 19.0 Å². The Labute approximate surface area is 197 Å². The van der Waals surface area contributed by atoms with Crippen molar-refractivity contribution in [2.45, 2.75) is 22.4 Å². The molecule has 0 amide bonds. The first-order chi connectivity index (χ1) is 14.6. The van der Waals surface area contributed by atoms with E-state index in [9.17, 15) is 30.6 Å².